The molecule has 1 heterocycles. The molecule has 1 amide bonds. The molecule has 0 saturated heterocycles. The van der Waals surface area contributed by atoms with Crippen molar-refractivity contribution in [1.82, 2.24) is 9.97 Å². The minimum Gasteiger partial charge on any atom is -0.324 e. The Morgan fingerprint density at radius 1 is 1.04 bits per heavy atom. The van der Waals surface area contributed by atoms with E-state index in [1.54, 1.807) is 18.2 Å². The molecule has 0 unspecified atom stereocenters. The average molecular weight is 387 g/mol. The zero-order valence-electron chi connectivity index (χ0n) is 14.0. The summed E-state index contributed by atoms with van der Waals surface area (Å²) in [4.78, 5) is 21.0. The number of aryl methyl sites for hydroxylation is 1. The lowest BCUT2D eigenvalue weighted by atomic mass is 10.1. The fraction of sp³-hybridized carbons (Fsp3) is 0.105. The van der Waals surface area contributed by atoms with Crippen molar-refractivity contribution >= 4 is 46.4 Å². The summed E-state index contributed by atoms with van der Waals surface area (Å²) in [7, 11) is 0. The Labute approximate surface area is 161 Å². The fourth-order valence-electron chi connectivity index (χ4n) is 2.41. The van der Waals surface area contributed by atoms with E-state index < -0.39 is 5.91 Å². The van der Waals surface area contributed by atoms with Crippen LogP contribution in [0.2, 0.25) is 10.0 Å². The molecule has 7 heteroatoms. The number of carbonyl (C=O) groups is 1. The predicted octanol–water partition coefficient (Wildman–Crippen LogP) is 5.34. The van der Waals surface area contributed by atoms with Crippen molar-refractivity contribution in [3.05, 3.63) is 76.0 Å². The van der Waals surface area contributed by atoms with Crippen LogP contribution in [0.3, 0.4) is 0 Å². The van der Waals surface area contributed by atoms with Gasteiger partial charge >= 0.3 is 0 Å². The Morgan fingerprint density at radius 2 is 1.77 bits per heavy atom. The van der Waals surface area contributed by atoms with Crippen LogP contribution in [0.4, 0.5) is 17.3 Å². The molecule has 2 aromatic carbocycles. The topological polar surface area (TPSA) is 66.9 Å². The molecule has 5 nitrogen and oxygen atoms in total. The molecular weight excluding hydrogens is 371 g/mol. The third-order valence-electron chi connectivity index (χ3n) is 3.73. The van der Waals surface area contributed by atoms with Gasteiger partial charge in [0.25, 0.3) is 5.91 Å². The van der Waals surface area contributed by atoms with Gasteiger partial charge in [-0.2, -0.15) is 0 Å². The highest BCUT2D eigenvalue weighted by Crippen LogP contribution is 2.30. The van der Waals surface area contributed by atoms with E-state index >= 15 is 0 Å². The number of nitrogens with zero attached hydrogens (tertiary/aromatic N) is 2. The molecule has 0 saturated carbocycles. The van der Waals surface area contributed by atoms with E-state index in [4.69, 9.17) is 23.2 Å². The zero-order chi connectivity index (χ0) is 18.5. The van der Waals surface area contributed by atoms with E-state index in [2.05, 4.69) is 27.5 Å². The molecule has 0 spiro atoms. The predicted molar refractivity (Wildman–Crippen MR) is 106 cm³/mol. The Morgan fingerprint density at radius 3 is 2.50 bits per heavy atom. The normalized spacial score (nSPS) is 10.4. The van der Waals surface area contributed by atoms with Gasteiger partial charge in [-0.05, 0) is 36.2 Å². The van der Waals surface area contributed by atoms with Crippen molar-refractivity contribution in [2.75, 3.05) is 10.6 Å². The van der Waals surface area contributed by atoms with E-state index in [1.165, 1.54) is 12.3 Å². The van der Waals surface area contributed by atoms with E-state index in [-0.39, 0.29) is 5.69 Å². The summed E-state index contributed by atoms with van der Waals surface area (Å²) in [6, 6.07) is 14.4. The second kappa shape index (κ2) is 8.17. The Kier molecular flexibility index (Phi) is 5.71. The van der Waals surface area contributed by atoms with Crippen LogP contribution in [-0.4, -0.2) is 15.9 Å². The standard InChI is InChI=1S/C19H16Cl2N4O/c1-2-12-6-3-4-9-15(12)23-19-22-11-10-16(24-19)18(26)25-17-13(20)7-5-8-14(17)21/h3-11H,2H2,1H3,(H,25,26)(H,22,23,24). The molecule has 0 fully saturated rings. The van der Waals surface area contributed by atoms with Crippen LogP contribution in [-0.2, 0) is 6.42 Å². The van der Waals surface area contributed by atoms with Crippen molar-refractivity contribution in [1.29, 1.82) is 0 Å². The van der Waals surface area contributed by atoms with Gasteiger partial charge in [0.15, 0.2) is 0 Å². The minimum absolute atomic E-state index is 0.201. The summed E-state index contributed by atoms with van der Waals surface area (Å²) < 4.78 is 0. The van der Waals surface area contributed by atoms with E-state index in [1.807, 2.05) is 24.3 Å². The number of benzene rings is 2. The zero-order valence-corrected chi connectivity index (χ0v) is 15.5. The Hall–Kier alpha value is -2.63. The van der Waals surface area contributed by atoms with E-state index in [9.17, 15) is 4.79 Å². The molecule has 0 aliphatic carbocycles. The summed E-state index contributed by atoms with van der Waals surface area (Å²) in [6.45, 7) is 2.07. The smallest absolute Gasteiger partial charge is 0.274 e. The van der Waals surface area contributed by atoms with Crippen LogP contribution in [0.25, 0.3) is 0 Å². The second-order valence-electron chi connectivity index (χ2n) is 5.45. The van der Waals surface area contributed by atoms with Crippen LogP contribution >= 0.6 is 23.2 Å². The minimum atomic E-state index is -0.422. The van der Waals surface area contributed by atoms with Crippen molar-refractivity contribution in [3.8, 4) is 0 Å². The fourth-order valence-corrected chi connectivity index (χ4v) is 2.90. The van der Waals surface area contributed by atoms with E-state index in [0.717, 1.165) is 17.7 Å². The van der Waals surface area contributed by atoms with Crippen LogP contribution in [0.5, 0.6) is 0 Å². The van der Waals surface area contributed by atoms with Gasteiger partial charge in [0.2, 0.25) is 5.95 Å². The van der Waals surface area contributed by atoms with Gasteiger partial charge in [-0.15, -0.1) is 0 Å². The van der Waals surface area contributed by atoms with Crippen LogP contribution < -0.4 is 10.6 Å². The highest BCUT2D eigenvalue weighted by Gasteiger charge is 2.14. The average Bonchev–Trinajstić information content (AvgIpc) is 2.65. The molecule has 1 aromatic heterocycles. The molecule has 26 heavy (non-hydrogen) atoms. The third kappa shape index (κ3) is 4.12. The summed E-state index contributed by atoms with van der Waals surface area (Å²) in [5.41, 5.74) is 2.59. The van der Waals surface area contributed by atoms with Crippen LogP contribution in [0, 0.1) is 0 Å². The monoisotopic (exact) mass is 386 g/mol. The molecule has 3 aromatic rings. The van der Waals surface area contributed by atoms with Crippen LogP contribution in [0.1, 0.15) is 23.0 Å². The first-order valence-electron chi connectivity index (χ1n) is 8.02. The Bertz CT molecular complexity index is 926. The first-order chi connectivity index (χ1) is 12.6. The summed E-state index contributed by atoms with van der Waals surface area (Å²) >= 11 is 12.2. The first-order valence-corrected chi connectivity index (χ1v) is 8.77. The molecular formula is C19H16Cl2N4O. The maximum Gasteiger partial charge on any atom is 0.274 e. The summed E-state index contributed by atoms with van der Waals surface area (Å²) in [5.74, 6) is -0.0852. The van der Waals surface area contributed by atoms with E-state index in [0.29, 0.717) is 21.7 Å². The van der Waals surface area contributed by atoms with Crippen molar-refractivity contribution < 1.29 is 4.79 Å². The van der Waals surface area contributed by atoms with Gasteiger partial charge in [0.1, 0.15) is 5.69 Å². The lowest BCUT2D eigenvalue weighted by Gasteiger charge is -2.11. The number of amides is 1. The number of hydrogen-bond donors (Lipinski definition) is 2. The lowest BCUT2D eigenvalue weighted by Crippen LogP contribution is -2.15. The van der Waals surface area contributed by atoms with Crippen molar-refractivity contribution in [2.24, 2.45) is 0 Å². The quantitative estimate of drug-likeness (QED) is 0.620. The number of aromatic nitrogens is 2. The molecule has 0 atom stereocenters. The number of rotatable bonds is 5. The number of carbonyl (C=O) groups excluding carboxylic acids is 1. The molecule has 3 rings (SSSR count). The molecule has 0 bridgehead atoms. The molecule has 132 valence electrons. The van der Waals surface area contributed by atoms with Crippen molar-refractivity contribution in [2.45, 2.75) is 13.3 Å². The largest absolute Gasteiger partial charge is 0.324 e. The molecule has 0 aliphatic heterocycles. The van der Waals surface area contributed by atoms with Gasteiger partial charge in [0.05, 0.1) is 15.7 Å². The maximum absolute atomic E-state index is 12.5. The van der Waals surface area contributed by atoms with Gasteiger partial charge < -0.3 is 10.6 Å². The summed E-state index contributed by atoms with van der Waals surface area (Å²) in [5, 5.41) is 6.55. The van der Waals surface area contributed by atoms with Gasteiger partial charge in [0, 0.05) is 11.9 Å². The first kappa shape index (κ1) is 18.2. The van der Waals surface area contributed by atoms with Crippen molar-refractivity contribution in [3.63, 3.8) is 0 Å². The summed E-state index contributed by atoms with van der Waals surface area (Å²) in [6.07, 6.45) is 2.39. The van der Waals surface area contributed by atoms with Crippen LogP contribution in [0.15, 0.2) is 54.7 Å². The molecule has 0 radical (unpaired) electrons. The molecule has 0 aliphatic rings. The highest BCUT2D eigenvalue weighted by atomic mass is 35.5. The maximum atomic E-state index is 12.5. The van der Waals surface area contributed by atoms with Gasteiger partial charge in [-0.25, -0.2) is 9.97 Å². The SMILES string of the molecule is CCc1ccccc1Nc1nccc(C(=O)Nc2c(Cl)cccc2Cl)n1. The molecule has 2 N–H and O–H groups in total. The van der Waals surface area contributed by atoms with Gasteiger partial charge in [-0.1, -0.05) is 54.4 Å². The lowest BCUT2D eigenvalue weighted by molar-refractivity contribution is 0.102. The number of anilines is 3. The second-order valence-corrected chi connectivity index (χ2v) is 6.27. The number of nitrogens with one attached hydrogen (secondary N) is 2. The third-order valence-corrected chi connectivity index (χ3v) is 4.36. The number of halogens is 2. The van der Waals surface area contributed by atoms with Gasteiger partial charge in [-0.3, -0.25) is 4.79 Å². The Balaban J connectivity index is 1.82. The number of para-hydroxylation sites is 2. The number of hydrogen-bond acceptors (Lipinski definition) is 4. The highest BCUT2D eigenvalue weighted by molar-refractivity contribution is 6.40.